The van der Waals surface area contributed by atoms with Crippen LogP contribution in [0.5, 0.6) is 5.88 Å². The predicted molar refractivity (Wildman–Crippen MR) is 66.8 cm³/mol. The Balaban J connectivity index is 1.98. The van der Waals surface area contributed by atoms with Crippen molar-refractivity contribution in [2.45, 2.75) is 51.7 Å². The van der Waals surface area contributed by atoms with Crippen molar-refractivity contribution in [1.29, 1.82) is 0 Å². The molecule has 1 aliphatic rings. The molecule has 1 heterocycles. The third-order valence-corrected chi connectivity index (χ3v) is 3.62. The van der Waals surface area contributed by atoms with Crippen LogP contribution in [-0.4, -0.2) is 16.2 Å². The van der Waals surface area contributed by atoms with Crippen LogP contribution in [0.2, 0.25) is 0 Å². The molecule has 2 rings (SSSR count). The zero-order valence-electron chi connectivity index (χ0n) is 10.4. The van der Waals surface area contributed by atoms with E-state index in [1.54, 1.807) is 6.20 Å². The average molecular weight is 235 g/mol. The molecule has 0 bridgehead atoms. The van der Waals surface area contributed by atoms with Crippen LogP contribution in [0.4, 0.5) is 0 Å². The number of nitrogens with zero attached hydrogens (tertiary/aromatic N) is 1. The number of hydrogen-bond acceptors (Lipinski definition) is 3. The first-order valence-corrected chi connectivity index (χ1v) is 6.56. The minimum Gasteiger partial charge on any atom is -0.474 e. The summed E-state index contributed by atoms with van der Waals surface area (Å²) in [5.74, 6) is 1.36. The van der Waals surface area contributed by atoms with Crippen LogP contribution in [-0.2, 0) is 6.61 Å². The van der Waals surface area contributed by atoms with Gasteiger partial charge in [-0.1, -0.05) is 13.3 Å². The largest absolute Gasteiger partial charge is 0.474 e. The number of aliphatic hydroxyl groups is 1. The van der Waals surface area contributed by atoms with Gasteiger partial charge in [0.1, 0.15) is 6.10 Å². The van der Waals surface area contributed by atoms with Gasteiger partial charge in [-0.05, 0) is 43.2 Å². The van der Waals surface area contributed by atoms with Crippen molar-refractivity contribution >= 4 is 0 Å². The van der Waals surface area contributed by atoms with Crippen molar-refractivity contribution in [2.24, 2.45) is 5.92 Å². The van der Waals surface area contributed by atoms with Gasteiger partial charge < -0.3 is 9.84 Å². The van der Waals surface area contributed by atoms with E-state index in [2.05, 4.69) is 11.9 Å². The second-order valence-corrected chi connectivity index (χ2v) is 4.77. The van der Waals surface area contributed by atoms with Crippen LogP contribution >= 0.6 is 0 Å². The van der Waals surface area contributed by atoms with Crippen molar-refractivity contribution in [3.8, 4) is 5.88 Å². The van der Waals surface area contributed by atoms with Crippen LogP contribution in [0.15, 0.2) is 18.3 Å². The quantitative estimate of drug-likeness (QED) is 0.872. The smallest absolute Gasteiger partial charge is 0.213 e. The van der Waals surface area contributed by atoms with Crippen molar-refractivity contribution in [2.75, 3.05) is 0 Å². The van der Waals surface area contributed by atoms with Gasteiger partial charge in [0, 0.05) is 12.3 Å². The van der Waals surface area contributed by atoms with Crippen LogP contribution in [0, 0.1) is 5.92 Å². The van der Waals surface area contributed by atoms with Gasteiger partial charge in [-0.3, -0.25) is 0 Å². The Morgan fingerprint density at radius 1 is 1.35 bits per heavy atom. The molecule has 0 radical (unpaired) electrons. The van der Waals surface area contributed by atoms with E-state index in [1.165, 1.54) is 25.7 Å². The lowest BCUT2D eigenvalue weighted by molar-refractivity contribution is 0.0858. The van der Waals surface area contributed by atoms with Crippen molar-refractivity contribution in [3.05, 3.63) is 23.9 Å². The third-order valence-electron chi connectivity index (χ3n) is 3.62. The van der Waals surface area contributed by atoms with Crippen LogP contribution in [0.3, 0.4) is 0 Å². The van der Waals surface area contributed by atoms with E-state index >= 15 is 0 Å². The Bertz CT molecular complexity index is 337. The summed E-state index contributed by atoms with van der Waals surface area (Å²) in [6, 6.07) is 3.72. The van der Waals surface area contributed by atoms with E-state index in [0.29, 0.717) is 17.9 Å². The van der Waals surface area contributed by atoms with E-state index in [9.17, 15) is 0 Å². The third kappa shape index (κ3) is 3.19. The predicted octanol–water partition coefficient (Wildman–Crippen LogP) is 2.92. The Kier molecular flexibility index (Phi) is 4.37. The SMILES string of the molecule is CCC1CCCCC1Oc1ccc(CO)cn1. The molecule has 2 atom stereocenters. The number of aromatic nitrogens is 1. The summed E-state index contributed by atoms with van der Waals surface area (Å²) in [5, 5.41) is 8.95. The molecule has 0 aliphatic heterocycles. The van der Waals surface area contributed by atoms with Crippen molar-refractivity contribution < 1.29 is 9.84 Å². The number of ether oxygens (including phenoxy) is 1. The molecular weight excluding hydrogens is 214 g/mol. The molecule has 3 nitrogen and oxygen atoms in total. The standard InChI is InChI=1S/C14H21NO2/c1-2-12-5-3-4-6-13(12)17-14-8-7-11(10-16)9-15-14/h7-9,12-13,16H,2-6,10H2,1H3. The molecule has 0 spiro atoms. The zero-order chi connectivity index (χ0) is 12.1. The Labute approximate surface area is 103 Å². The summed E-state index contributed by atoms with van der Waals surface area (Å²) in [6.45, 7) is 2.27. The van der Waals surface area contributed by atoms with Gasteiger partial charge in [0.25, 0.3) is 0 Å². The zero-order valence-corrected chi connectivity index (χ0v) is 10.4. The molecule has 1 N–H and O–H groups in total. The summed E-state index contributed by atoms with van der Waals surface area (Å²) >= 11 is 0. The molecule has 17 heavy (non-hydrogen) atoms. The highest BCUT2D eigenvalue weighted by atomic mass is 16.5. The first-order valence-electron chi connectivity index (χ1n) is 6.56. The van der Waals surface area contributed by atoms with Crippen LogP contribution < -0.4 is 4.74 Å². The molecule has 94 valence electrons. The summed E-state index contributed by atoms with van der Waals surface area (Å²) in [4.78, 5) is 4.23. The first kappa shape index (κ1) is 12.4. The van der Waals surface area contributed by atoms with E-state index in [1.807, 2.05) is 12.1 Å². The van der Waals surface area contributed by atoms with Gasteiger partial charge in [-0.2, -0.15) is 0 Å². The highest BCUT2D eigenvalue weighted by molar-refractivity contribution is 5.17. The van der Waals surface area contributed by atoms with Crippen LogP contribution in [0.25, 0.3) is 0 Å². The lowest BCUT2D eigenvalue weighted by Crippen LogP contribution is -2.30. The normalized spacial score (nSPS) is 24.6. The van der Waals surface area contributed by atoms with Gasteiger partial charge in [0.2, 0.25) is 5.88 Å². The Morgan fingerprint density at radius 3 is 2.82 bits per heavy atom. The molecule has 1 aromatic rings. The maximum Gasteiger partial charge on any atom is 0.213 e. The monoisotopic (exact) mass is 235 g/mol. The van der Waals surface area contributed by atoms with Gasteiger partial charge in [0.05, 0.1) is 6.61 Å². The minimum absolute atomic E-state index is 0.0360. The van der Waals surface area contributed by atoms with Gasteiger partial charge >= 0.3 is 0 Å². The maximum atomic E-state index is 8.95. The molecule has 1 aromatic heterocycles. The Morgan fingerprint density at radius 2 is 2.18 bits per heavy atom. The summed E-state index contributed by atoms with van der Waals surface area (Å²) in [7, 11) is 0. The number of rotatable bonds is 4. The second-order valence-electron chi connectivity index (χ2n) is 4.77. The fourth-order valence-corrected chi connectivity index (χ4v) is 2.53. The highest BCUT2D eigenvalue weighted by Crippen LogP contribution is 2.29. The average Bonchev–Trinajstić information content (AvgIpc) is 2.40. The lowest BCUT2D eigenvalue weighted by Gasteiger charge is -2.30. The summed E-state index contributed by atoms with van der Waals surface area (Å²) in [5.41, 5.74) is 0.827. The maximum absolute atomic E-state index is 8.95. The fourth-order valence-electron chi connectivity index (χ4n) is 2.53. The Hall–Kier alpha value is -1.09. The molecule has 0 aromatic carbocycles. The molecule has 2 unspecified atom stereocenters. The van der Waals surface area contributed by atoms with E-state index < -0.39 is 0 Å². The van der Waals surface area contributed by atoms with Crippen molar-refractivity contribution in [1.82, 2.24) is 4.98 Å². The summed E-state index contributed by atoms with van der Waals surface area (Å²) < 4.78 is 5.97. The molecular formula is C14H21NO2. The molecule has 0 amide bonds. The minimum atomic E-state index is 0.0360. The lowest BCUT2D eigenvalue weighted by atomic mass is 9.85. The van der Waals surface area contributed by atoms with Gasteiger partial charge in [-0.15, -0.1) is 0 Å². The van der Waals surface area contributed by atoms with Crippen LogP contribution in [0.1, 0.15) is 44.6 Å². The summed E-state index contributed by atoms with van der Waals surface area (Å²) in [6.07, 6.45) is 8.18. The molecule has 1 aliphatic carbocycles. The molecule has 1 saturated carbocycles. The number of hydrogen-bond donors (Lipinski definition) is 1. The van der Waals surface area contributed by atoms with E-state index in [-0.39, 0.29) is 6.61 Å². The fraction of sp³-hybridized carbons (Fsp3) is 0.643. The van der Waals surface area contributed by atoms with E-state index in [0.717, 1.165) is 12.0 Å². The molecule has 0 saturated heterocycles. The molecule has 1 fully saturated rings. The first-order chi connectivity index (χ1) is 8.33. The second kappa shape index (κ2) is 6.01. The van der Waals surface area contributed by atoms with Gasteiger partial charge in [-0.25, -0.2) is 4.98 Å². The highest BCUT2D eigenvalue weighted by Gasteiger charge is 2.25. The number of pyridine rings is 1. The molecule has 3 heteroatoms. The van der Waals surface area contributed by atoms with Crippen molar-refractivity contribution in [3.63, 3.8) is 0 Å². The number of aliphatic hydroxyl groups excluding tert-OH is 1. The van der Waals surface area contributed by atoms with Gasteiger partial charge in [0.15, 0.2) is 0 Å². The topological polar surface area (TPSA) is 42.4 Å². The van der Waals surface area contributed by atoms with E-state index in [4.69, 9.17) is 9.84 Å².